The first-order valence-corrected chi connectivity index (χ1v) is 9.12. The Bertz CT molecular complexity index is 480. The van der Waals surface area contributed by atoms with Crippen molar-refractivity contribution < 1.29 is 9.52 Å². The molecule has 2 fully saturated rings. The van der Waals surface area contributed by atoms with Crippen molar-refractivity contribution in [1.82, 2.24) is 0 Å². The van der Waals surface area contributed by atoms with Gasteiger partial charge in [-0.1, -0.05) is 27.2 Å². The molecule has 5 atom stereocenters. The molecule has 0 spiro atoms. The highest BCUT2D eigenvalue weighted by atomic mass is 16.3. The minimum atomic E-state index is 0.338. The molecule has 0 radical (unpaired) electrons. The SMILES string of the molecule is C[C@@H]1CC[C@@]2(C)[C@H](CO)CCC[C@@H]2[C@@]1(C)CCc1ccoc1. The van der Waals surface area contributed by atoms with Crippen LogP contribution in [0.15, 0.2) is 23.0 Å². The zero-order valence-corrected chi connectivity index (χ0v) is 14.5. The minimum Gasteiger partial charge on any atom is -0.472 e. The summed E-state index contributed by atoms with van der Waals surface area (Å²) in [5.74, 6) is 2.03. The van der Waals surface area contributed by atoms with Crippen LogP contribution in [0.4, 0.5) is 0 Å². The van der Waals surface area contributed by atoms with Crippen LogP contribution >= 0.6 is 0 Å². The van der Waals surface area contributed by atoms with Crippen molar-refractivity contribution in [1.29, 1.82) is 0 Å². The molecule has 0 amide bonds. The first kappa shape index (κ1) is 16.1. The van der Waals surface area contributed by atoms with Crippen LogP contribution in [-0.2, 0) is 6.42 Å². The Balaban J connectivity index is 1.83. The van der Waals surface area contributed by atoms with Gasteiger partial charge < -0.3 is 9.52 Å². The lowest BCUT2D eigenvalue weighted by Crippen LogP contribution is -2.53. The van der Waals surface area contributed by atoms with Crippen molar-refractivity contribution >= 4 is 0 Å². The molecule has 124 valence electrons. The molecular formula is C20H32O2. The molecule has 2 aliphatic rings. The van der Waals surface area contributed by atoms with Crippen LogP contribution in [0.1, 0.15) is 64.9 Å². The van der Waals surface area contributed by atoms with Gasteiger partial charge in [-0.25, -0.2) is 0 Å². The number of aliphatic hydroxyl groups excluding tert-OH is 1. The highest BCUT2D eigenvalue weighted by Gasteiger charge is 2.55. The molecule has 1 N–H and O–H groups in total. The highest BCUT2D eigenvalue weighted by molar-refractivity contribution is 5.09. The van der Waals surface area contributed by atoms with E-state index in [0.717, 1.165) is 18.3 Å². The third-order valence-electron chi connectivity index (χ3n) is 7.56. The first-order chi connectivity index (χ1) is 10.5. The molecular weight excluding hydrogens is 272 g/mol. The predicted octanol–water partition coefficient (Wildman–Crippen LogP) is 5.06. The van der Waals surface area contributed by atoms with Crippen molar-refractivity contribution in [3.63, 3.8) is 0 Å². The Morgan fingerprint density at radius 1 is 1.27 bits per heavy atom. The lowest BCUT2D eigenvalue weighted by molar-refractivity contribution is -0.122. The number of hydrogen-bond donors (Lipinski definition) is 1. The maximum absolute atomic E-state index is 9.90. The zero-order chi connectivity index (χ0) is 15.8. The lowest BCUT2D eigenvalue weighted by atomic mass is 9.44. The molecule has 0 aromatic carbocycles. The molecule has 0 bridgehead atoms. The van der Waals surface area contributed by atoms with Gasteiger partial charge in [0.15, 0.2) is 0 Å². The van der Waals surface area contributed by atoms with Gasteiger partial charge in [-0.05, 0) is 78.7 Å². The van der Waals surface area contributed by atoms with E-state index in [0.29, 0.717) is 23.4 Å². The Morgan fingerprint density at radius 3 is 2.77 bits per heavy atom. The van der Waals surface area contributed by atoms with Crippen LogP contribution in [0.25, 0.3) is 0 Å². The number of aryl methyl sites for hydroxylation is 1. The van der Waals surface area contributed by atoms with Crippen LogP contribution in [0, 0.1) is 28.6 Å². The average Bonchev–Trinajstić information content (AvgIpc) is 3.03. The van der Waals surface area contributed by atoms with Gasteiger partial charge >= 0.3 is 0 Å². The van der Waals surface area contributed by atoms with Gasteiger partial charge in [0, 0.05) is 6.61 Å². The van der Waals surface area contributed by atoms with Crippen molar-refractivity contribution in [3.05, 3.63) is 24.2 Å². The molecule has 1 aromatic heterocycles. The van der Waals surface area contributed by atoms with E-state index in [-0.39, 0.29) is 0 Å². The topological polar surface area (TPSA) is 33.4 Å². The van der Waals surface area contributed by atoms with Crippen LogP contribution in [0.5, 0.6) is 0 Å². The summed E-state index contributed by atoms with van der Waals surface area (Å²) in [6.45, 7) is 7.83. The zero-order valence-electron chi connectivity index (χ0n) is 14.5. The summed E-state index contributed by atoms with van der Waals surface area (Å²) < 4.78 is 5.24. The summed E-state index contributed by atoms with van der Waals surface area (Å²) in [7, 11) is 0. The Kier molecular flexibility index (Phi) is 4.42. The highest BCUT2D eigenvalue weighted by Crippen LogP contribution is 2.62. The second-order valence-electron chi connectivity index (χ2n) is 8.45. The van der Waals surface area contributed by atoms with Crippen LogP contribution in [0.3, 0.4) is 0 Å². The summed E-state index contributed by atoms with van der Waals surface area (Å²) >= 11 is 0. The van der Waals surface area contributed by atoms with Gasteiger partial charge in [0.05, 0.1) is 12.5 Å². The third-order valence-corrected chi connectivity index (χ3v) is 7.56. The fraction of sp³-hybridized carbons (Fsp3) is 0.800. The largest absolute Gasteiger partial charge is 0.472 e. The van der Waals surface area contributed by atoms with E-state index in [1.165, 1.54) is 44.1 Å². The summed E-state index contributed by atoms with van der Waals surface area (Å²) in [6.07, 6.45) is 12.5. The molecule has 0 unspecified atom stereocenters. The van der Waals surface area contributed by atoms with E-state index >= 15 is 0 Å². The van der Waals surface area contributed by atoms with E-state index in [2.05, 4.69) is 26.8 Å². The van der Waals surface area contributed by atoms with Gasteiger partial charge in [-0.3, -0.25) is 0 Å². The van der Waals surface area contributed by atoms with Gasteiger partial charge in [0.25, 0.3) is 0 Å². The van der Waals surface area contributed by atoms with E-state index in [9.17, 15) is 5.11 Å². The molecule has 22 heavy (non-hydrogen) atoms. The van der Waals surface area contributed by atoms with E-state index in [4.69, 9.17) is 4.42 Å². The molecule has 2 saturated carbocycles. The predicted molar refractivity (Wildman–Crippen MR) is 89.6 cm³/mol. The summed E-state index contributed by atoms with van der Waals surface area (Å²) in [5.41, 5.74) is 2.05. The number of fused-ring (bicyclic) bond motifs is 1. The van der Waals surface area contributed by atoms with Crippen LogP contribution in [0.2, 0.25) is 0 Å². The maximum atomic E-state index is 9.90. The van der Waals surface area contributed by atoms with Crippen molar-refractivity contribution in [2.75, 3.05) is 6.61 Å². The lowest BCUT2D eigenvalue weighted by Gasteiger charge is -2.60. The Morgan fingerprint density at radius 2 is 2.09 bits per heavy atom. The second-order valence-corrected chi connectivity index (χ2v) is 8.45. The minimum absolute atomic E-state index is 0.338. The smallest absolute Gasteiger partial charge is 0.0934 e. The van der Waals surface area contributed by atoms with Gasteiger partial charge in [0.1, 0.15) is 0 Å². The molecule has 2 heteroatoms. The molecule has 2 nitrogen and oxygen atoms in total. The van der Waals surface area contributed by atoms with Crippen molar-refractivity contribution in [3.8, 4) is 0 Å². The van der Waals surface area contributed by atoms with Crippen molar-refractivity contribution in [2.24, 2.45) is 28.6 Å². The standard InChI is InChI=1S/C20H32O2/c1-15-7-10-20(3)17(13-21)5-4-6-18(20)19(15,2)11-8-16-9-12-22-14-16/h9,12,14-15,17-18,21H,4-8,10-11,13H2,1-3H3/t15-,17+,18-,19+,20+/m1/s1. The number of furan rings is 1. The fourth-order valence-corrected chi connectivity index (χ4v) is 5.74. The molecule has 1 heterocycles. The molecule has 0 aliphatic heterocycles. The first-order valence-electron chi connectivity index (χ1n) is 9.12. The molecule has 2 aliphatic carbocycles. The van der Waals surface area contributed by atoms with E-state index in [1.807, 2.05) is 6.26 Å². The maximum Gasteiger partial charge on any atom is 0.0934 e. The molecule has 3 rings (SSSR count). The normalized spacial score (nSPS) is 42.1. The number of aliphatic hydroxyl groups is 1. The summed E-state index contributed by atoms with van der Waals surface area (Å²) in [4.78, 5) is 0. The fourth-order valence-electron chi connectivity index (χ4n) is 5.74. The molecule has 1 aromatic rings. The monoisotopic (exact) mass is 304 g/mol. The van der Waals surface area contributed by atoms with E-state index < -0.39 is 0 Å². The summed E-state index contributed by atoms with van der Waals surface area (Å²) in [5, 5.41) is 9.90. The van der Waals surface area contributed by atoms with Crippen molar-refractivity contribution in [2.45, 2.75) is 65.7 Å². The van der Waals surface area contributed by atoms with Crippen LogP contribution in [-0.4, -0.2) is 11.7 Å². The third kappa shape index (κ3) is 2.54. The Hall–Kier alpha value is -0.760. The average molecular weight is 304 g/mol. The second kappa shape index (κ2) is 6.03. The van der Waals surface area contributed by atoms with E-state index in [1.54, 1.807) is 6.26 Å². The quantitative estimate of drug-likeness (QED) is 0.843. The Labute approximate surface area is 135 Å². The number of hydrogen-bond acceptors (Lipinski definition) is 2. The molecule has 0 saturated heterocycles. The summed E-state index contributed by atoms with van der Waals surface area (Å²) in [6, 6.07) is 2.10. The van der Waals surface area contributed by atoms with Gasteiger partial charge in [-0.2, -0.15) is 0 Å². The van der Waals surface area contributed by atoms with Gasteiger partial charge in [-0.15, -0.1) is 0 Å². The number of rotatable bonds is 4. The van der Waals surface area contributed by atoms with Gasteiger partial charge in [0.2, 0.25) is 0 Å². The van der Waals surface area contributed by atoms with Crippen LogP contribution < -0.4 is 0 Å².